The van der Waals surface area contributed by atoms with Crippen molar-refractivity contribution in [3.05, 3.63) is 47.8 Å². The fourth-order valence-corrected chi connectivity index (χ4v) is 4.30. The third kappa shape index (κ3) is 2.91. The van der Waals surface area contributed by atoms with E-state index in [9.17, 15) is 12.8 Å². The number of aromatic amines is 1. The summed E-state index contributed by atoms with van der Waals surface area (Å²) in [6.07, 6.45) is 3.44. The van der Waals surface area contributed by atoms with Gasteiger partial charge in [-0.25, -0.2) is 17.8 Å². The molecule has 1 atom stereocenters. The number of H-pyrrole nitrogens is 1. The number of piperidine rings is 1. The molecule has 1 unspecified atom stereocenters. The Balaban J connectivity index is 1.83. The van der Waals surface area contributed by atoms with Crippen LogP contribution in [-0.2, 0) is 10.0 Å². The Bertz CT molecular complexity index is 755. The van der Waals surface area contributed by atoms with Crippen LogP contribution in [0, 0.1) is 12.7 Å². The summed E-state index contributed by atoms with van der Waals surface area (Å²) >= 11 is 0. The predicted molar refractivity (Wildman–Crippen MR) is 80.5 cm³/mol. The molecule has 1 aromatic carbocycles. The Kier molecular flexibility index (Phi) is 4.01. The monoisotopic (exact) mass is 323 g/mol. The lowest BCUT2D eigenvalue weighted by Gasteiger charge is -2.31. The zero-order chi connectivity index (χ0) is 15.7. The van der Waals surface area contributed by atoms with Crippen LogP contribution in [0.1, 0.15) is 30.3 Å². The summed E-state index contributed by atoms with van der Waals surface area (Å²) < 4.78 is 39.8. The molecule has 2 heterocycles. The minimum Gasteiger partial charge on any atom is -0.346 e. The summed E-state index contributed by atoms with van der Waals surface area (Å²) in [5.41, 5.74) is 0.966. The fraction of sp³-hybridized carbons (Fsp3) is 0.400. The summed E-state index contributed by atoms with van der Waals surface area (Å²) in [6, 6.07) is 4.96. The first-order chi connectivity index (χ1) is 10.5. The Morgan fingerprint density at radius 3 is 2.68 bits per heavy atom. The highest BCUT2D eigenvalue weighted by molar-refractivity contribution is 7.89. The van der Waals surface area contributed by atoms with Gasteiger partial charge in [-0.2, -0.15) is 4.31 Å². The van der Waals surface area contributed by atoms with Gasteiger partial charge in [0.2, 0.25) is 10.0 Å². The number of rotatable bonds is 3. The van der Waals surface area contributed by atoms with Gasteiger partial charge >= 0.3 is 0 Å². The Labute approximate surface area is 129 Å². The molecule has 1 N–H and O–H groups in total. The van der Waals surface area contributed by atoms with Crippen LogP contribution in [0.5, 0.6) is 0 Å². The van der Waals surface area contributed by atoms with E-state index in [1.54, 1.807) is 6.20 Å². The summed E-state index contributed by atoms with van der Waals surface area (Å²) in [4.78, 5) is 7.63. The lowest BCUT2D eigenvalue weighted by molar-refractivity contribution is 0.310. The summed E-state index contributed by atoms with van der Waals surface area (Å²) in [7, 11) is -3.59. The molecule has 2 aromatic rings. The molecule has 1 saturated heterocycles. The van der Waals surface area contributed by atoms with Crippen LogP contribution in [0.15, 0.2) is 35.4 Å². The highest BCUT2D eigenvalue weighted by atomic mass is 32.2. The van der Waals surface area contributed by atoms with Crippen LogP contribution >= 0.6 is 0 Å². The summed E-state index contributed by atoms with van der Waals surface area (Å²) in [5.74, 6) is 0.454. The van der Waals surface area contributed by atoms with Crippen LogP contribution in [-0.4, -0.2) is 35.8 Å². The van der Waals surface area contributed by atoms with Gasteiger partial charge in [0.05, 0.1) is 4.90 Å². The van der Waals surface area contributed by atoms with Crippen LogP contribution in [0.3, 0.4) is 0 Å². The van der Waals surface area contributed by atoms with E-state index in [0.29, 0.717) is 13.1 Å². The first kappa shape index (κ1) is 15.2. The maximum Gasteiger partial charge on any atom is 0.243 e. The fourth-order valence-electron chi connectivity index (χ4n) is 2.78. The number of benzene rings is 1. The Hall–Kier alpha value is -1.73. The molecular formula is C15H18FN3O2S. The van der Waals surface area contributed by atoms with Gasteiger partial charge in [0, 0.05) is 30.9 Å². The number of sulfonamides is 1. The van der Waals surface area contributed by atoms with Gasteiger partial charge in [-0.1, -0.05) is 0 Å². The number of hydrogen-bond acceptors (Lipinski definition) is 3. The number of aryl methyl sites for hydroxylation is 1. The average Bonchev–Trinajstić information content (AvgIpc) is 2.94. The van der Waals surface area contributed by atoms with Crippen LogP contribution in [0.4, 0.5) is 4.39 Å². The molecule has 1 fully saturated rings. The molecular weight excluding hydrogens is 305 g/mol. The average molecular weight is 323 g/mol. The second-order valence-electron chi connectivity index (χ2n) is 5.61. The van der Waals surface area contributed by atoms with Crippen LogP contribution in [0.2, 0.25) is 0 Å². The van der Waals surface area contributed by atoms with Gasteiger partial charge in [0.1, 0.15) is 11.6 Å². The van der Waals surface area contributed by atoms with E-state index in [1.807, 2.05) is 6.92 Å². The molecule has 0 saturated carbocycles. The molecule has 1 aromatic heterocycles. The van der Waals surface area contributed by atoms with Gasteiger partial charge in [-0.15, -0.1) is 0 Å². The third-order valence-corrected chi connectivity index (χ3v) is 5.82. The standard InChI is InChI=1S/C15H18FN3O2S/c1-11-9-17-15(18-11)12-3-2-8-19(10-12)22(20,21)14-6-4-13(16)5-7-14/h4-7,9,12H,2-3,8,10H2,1H3,(H,17,18). The molecule has 7 heteroatoms. The van der Waals surface area contributed by atoms with E-state index in [-0.39, 0.29) is 10.8 Å². The molecule has 118 valence electrons. The van der Waals surface area contributed by atoms with E-state index in [4.69, 9.17) is 0 Å². The van der Waals surface area contributed by atoms with Crippen LogP contribution in [0.25, 0.3) is 0 Å². The molecule has 0 aliphatic carbocycles. The first-order valence-electron chi connectivity index (χ1n) is 7.24. The zero-order valence-corrected chi connectivity index (χ0v) is 13.1. The van der Waals surface area contributed by atoms with Crippen molar-refractivity contribution in [2.75, 3.05) is 13.1 Å². The van der Waals surface area contributed by atoms with E-state index in [2.05, 4.69) is 9.97 Å². The number of nitrogens with one attached hydrogen (secondary N) is 1. The van der Waals surface area contributed by atoms with E-state index in [1.165, 1.54) is 28.6 Å². The van der Waals surface area contributed by atoms with Crippen molar-refractivity contribution in [3.8, 4) is 0 Å². The number of imidazole rings is 1. The van der Waals surface area contributed by atoms with Crippen molar-refractivity contribution in [2.45, 2.75) is 30.6 Å². The van der Waals surface area contributed by atoms with Crippen LogP contribution < -0.4 is 0 Å². The highest BCUT2D eigenvalue weighted by Crippen LogP contribution is 2.28. The summed E-state index contributed by atoms with van der Waals surface area (Å²) in [5, 5.41) is 0. The number of nitrogens with zero attached hydrogens (tertiary/aromatic N) is 2. The Morgan fingerprint density at radius 1 is 1.32 bits per heavy atom. The molecule has 1 aliphatic rings. The Morgan fingerprint density at radius 2 is 2.05 bits per heavy atom. The number of aromatic nitrogens is 2. The first-order valence-corrected chi connectivity index (χ1v) is 8.68. The third-order valence-electron chi connectivity index (χ3n) is 3.94. The van der Waals surface area contributed by atoms with Crippen molar-refractivity contribution in [1.82, 2.24) is 14.3 Å². The molecule has 0 amide bonds. The lowest BCUT2D eigenvalue weighted by Crippen LogP contribution is -2.39. The second-order valence-corrected chi connectivity index (χ2v) is 7.55. The van der Waals surface area contributed by atoms with E-state index >= 15 is 0 Å². The molecule has 22 heavy (non-hydrogen) atoms. The van der Waals surface area contributed by atoms with Gasteiger partial charge in [0.15, 0.2) is 0 Å². The lowest BCUT2D eigenvalue weighted by atomic mass is 9.99. The maximum absolute atomic E-state index is 13.0. The van der Waals surface area contributed by atoms with Crippen molar-refractivity contribution >= 4 is 10.0 Å². The molecule has 3 rings (SSSR count). The topological polar surface area (TPSA) is 66.1 Å². The van der Waals surface area contributed by atoms with E-state index < -0.39 is 15.8 Å². The van der Waals surface area contributed by atoms with Crippen molar-refractivity contribution in [2.24, 2.45) is 0 Å². The SMILES string of the molecule is Cc1cnc(C2CCCN(S(=O)(=O)c3ccc(F)cc3)C2)[nH]1. The largest absolute Gasteiger partial charge is 0.346 e. The van der Waals surface area contributed by atoms with Gasteiger partial charge in [-0.3, -0.25) is 0 Å². The molecule has 0 bridgehead atoms. The van der Waals surface area contributed by atoms with E-state index in [0.717, 1.165) is 24.4 Å². The van der Waals surface area contributed by atoms with Crippen molar-refractivity contribution < 1.29 is 12.8 Å². The highest BCUT2D eigenvalue weighted by Gasteiger charge is 2.31. The van der Waals surface area contributed by atoms with Crippen molar-refractivity contribution in [3.63, 3.8) is 0 Å². The molecule has 1 aliphatic heterocycles. The zero-order valence-electron chi connectivity index (χ0n) is 12.3. The predicted octanol–water partition coefficient (Wildman–Crippen LogP) is 2.43. The van der Waals surface area contributed by atoms with Crippen molar-refractivity contribution in [1.29, 1.82) is 0 Å². The second kappa shape index (κ2) is 5.81. The minimum atomic E-state index is -3.59. The normalized spacial score (nSPS) is 20.2. The van der Waals surface area contributed by atoms with Gasteiger partial charge < -0.3 is 4.98 Å². The molecule has 0 spiro atoms. The smallest absolute Gasteiger partial charge is 0.243 e. The van der Waals surface area contributed by atoms with Gasteiger partial charge in [0.25, 0.3) is 0 Å². The minimum absolute atomic E-state index is 0.0673. The summed E-state index contributed by atoms with van der Waals surface area (Å²) in [6.45, 7) is 2.80. The number of halogens is 1. The molecule has 0 radical (unpaired) electrons. The number of hydrogen-bond donors (Lipinski definition) is 1. The van der Waals surface area contributed by atoms with Gasteiger partial charge in [-0.05, 0) is 44.0 Å². The molecule has 5 nitrogen and oxygen atoms in total. The maximum atomic E-state index is 13.0. The quantitative estimate of drug-likeness (QED) is 0.943.